The molecule has 0 spiro atoms. The van der Waals surface area contributed by atoms with Crippen molar-refractivity contribution in [3.63, 3.8) is 0 Å². The molecule has 0 bridgehead atoms. The number of carboxylic acids is 1. The molecule has 3 rings (SSSR count). The summed E-state index contributed by atoms with van der Waals surface area (Å²) in [5.74, 6) is -1.90. The lowest BCUT2D eigenvalue weighted by Crippen LogP contribution is -2.57. The number of sulfonamides is 1. The fourth-order valence-corrected chi connectivity index (χ4v) is 5.49. The molecule has 0 aliphatic heterocycles. The van der Waals surface area contributed by atoms with E-state index in [1.807, 2.05) is 6.92 Å². The molecule has 0 heterocycles. The molecule has 2 aliphatic rings. The lowest BCUT2D eigenvalue weighted by Gasteiger charge is -2.43. The molecule has 0 amide bonds. The van der Waals surface area contributed by atoms with Crippen LogP contribution in [0.4, 0.5) is 0 Å². The molecule has 8 heteroatoms. The molecular formula is C18H23NO6S. The molecule has 26 heavy (non-hydrogen) atoms. The van der Waals surface area contributed by atoms with Gasteiger partial charge in [-0.2, -0.15) is 0 Å². The maximum atomic E-state index is 12.7. The van der Waals surface area contributed by atoms with Crippen LogP contribution in [0, 0.1) is 12.8 Å². The van der Waals surface area contributed by atoms with E-state index in [1.165, 1.54) is 18.2 Å². The average molecular weight is 381 g/mol. The summed E-state index contributed by atoms with van der Waals surface area (Å²) in [5.41, 5.74) is -2.46. The Kier molecular flexibility index (Phi) is 4.51. The van der Waals surface area contributed by atoms with Gasteiger partial charge in [0.05, 0.1) is 16.6 Å². The Morgan fingerprint density at radius 1 is 1.23 bits per heavy atom. The van der Waals surface area contributed by atoms with Gasteiger partial charge in [0.2, 0.25) is 10.0 Å². The van der Waals surface area contributed by atoms with E-state index in [2.05, 4.69) is 4.72 Å². The Morgan fingerprint density at radius 2 is 1.85 bits per heavy atom. The van der Waals surface area contributed by atoms with E-state index in [0.29, 0.717) is 6.42 Å². The Balaban J connectivity index is 1.99. The average Bonchev–Trinajstić information content (AvgIpc) is 2.82. The quantitative estimate of drug-likeness (QED) is 0.616. The van der Waals surface area contributed by atoms with Gasteiger partial charge in [-0.3, -0.25) is 0 Å². The van der Waals surface area contributed by atoms with Crippen LogP contribution in [0.15, 0.2) is 40.8 Å². The van der Waals surface area contributed by atoms with Crippen LogP contribution in [0.25, 0.3) is 0 Å². The third kappa shape index (κ3) is 3.07. The minimum Gasteiger partial charge on any atom is -0.478 e. The summed E-state index contributed by atoms with van der Waals surface area (Å²) in [7, 11) is -3.88. The van der Waals surface area contributed by atoms with Gasteiger partial charge < -0.3 is 15.3 Å². The molecule has 0 unspecified atom stereocenters. The number of carboxylic acid groups (broad SMARTS) is 1. The van der Waals surface area contributed by atoms with Crippen LogP contribution in [-0.4, -0.2) is 47.0 Å². The molecule has 1 fully saturated rings. The van der Waals surface area contributed by atoms with Gasteiger partial charge in [-0.25, -0.2) is 17.9 Å². The minimum atomic E-state index is -3.88. The Labute approximate surface area is 152 Å². The summed E-state index contributed by atoms with van der Waals surface area (Å²) in [6, 6.07) is 6.34. The SMILES string of the molecule is Cc1ccc(S(=O)(=O)N[C@@]2(C)C=C(C(=O)O)[C@@]3(O)[C@H](CC[C@H]3O)C2)cc1. The van der Waals surface area contributed by atoms with Gasteiger partial charge in [0.25, 0.3) is 0 Å². The van der Waals surface area contributed by atoms with Gasteiger partial charge in [-0.15, -0.1) is 0 Å². The van der Waals surface area contributed by atoms with Crippen LogP contribution in [0.2, 0.25) is 0 Å². The van der Waals surface area contributed by atoms with E-state index < -0.39 is 39.2 Å². The lowest BCUT2D eigenvalue weighted by molar-refractivity contribution is -0.140. The fraction of sp³-hybridized carbons (Fsp3) is 0.500. The second-order valence-corrected chi connectivity index (χ2v) is 9.20. The molecule has 2 aliphatic carbocycles. The second-order valence-electron chi connectivity index (χ2n) is 7.52. The molecule has 4 N–H and O–H groups in total. The van der Waals surface area contributed by atoms with Crippen LogP contribution >= 0.6 is 0 Å². The van der Waals surface area contributed by atoms with Crippen LogP contribution < -0.4 is 4.72 Å². The smallest absolute Gasteiger partial charge is 0.334 e. The van der Waals surface area contributed by atoms with Gasteiger partial charge in [0.1, 0.15) is 5.60 Å². The van der Waals surface area contributed by atoms with Crippen molar-refractivity contribution in [3.05, 3.63) is 41.5 Å². The Morgan fingerprint density at radius 3 is 2.42 bits per heavy atom. The van der Waals surface area contributed by atoms with E-state index in [4.69, 9.17) is 0 Å². The predicted octanol–water partition coefficient (Wildman–Crippen LogP) is 0.949. The summed E-state index contributed by atoms with van der Waals surface area (Å²) < 4.78 is 28.0. The molecule has 1 saturated carbocycles. The van der Waals surface area contributed by atoms with Crippen LogP contribution in [0.3, 0.4) is 0 Å². The highest BCUT2D eigenvalue weighted by molar-refractivity contribution is 7.89. The zero-order chi connectivity index (χ0) is 19.3. The van der Waals surface area contributed by atoms with Crippen molar-refractivity contribution in [2.24, 2.45) is 5.92 Å². The summed E-state index contributed by atoms with van der Waals surface area (Å²) in [6.07, 6.45) is 0.943. The number of carbonyl (C=O) groups is 1. The largest absolute Gasteiger partial charge is 0.478 e. The molecular weight excluding hydrogens is 358 g/mol. The highest BCUT2D eigenvalue weighted by Crippen LogP contribution is 2.49. The number of aliphatic hydroxyl groups excluding tert-OH is 1. The standard InChI is InChI=1S/C18H23NO6S/c1-11-3-6-13(7-4-11)26(24,25)19-17(2)9-12-5-8-15(20)18(12,23)14(10-17)16(21)22/h3-4,6-7,10,12,15,19-20,23H,5,8-9H2,1-2H3,(H,21,22)/t12-,15-,17-,18+/m1/s1. The Bertz CT molecular complexity index is 862. The number of nitrogens with one attached hydrogen (secondary N) is 1. The lowest BCUT2D eigenvalue weighted by atomic mass is 9.69. The second kappa shape index (κ2) is 6.16. The van der Waals surface area contributed by atoms with Crippen molar-refractivity contribution in [2.75, 3.05) is 0 Å². The fourth-order valence-electron chi connectivity index (χ4n) is 4.12. The van der Waals surface area contributed by atoms with Gasteiger partial charge >= 0.3 is 5.97 Å². The Hall–Kier alpha value is -1.74. The summed E-state index contributed by atoms with van der Waals surface area (Å²) >= 11 is 0. The number of rotatable bonds is 4. The monoisotopic (exact) mass is 381 g/mol. The van der Waals surface area contributed by atoms with Crippen molar-refractivity contribution in [3.8, 4) is 0 Å². The first-order valence-electron chi connectivity index (χ1n) is 8.46. The van der Waals surface area contributed by atoms with E-state index in [1.54, 1.807) is 19.1 Å². The van der Waals surface area contributed by atoms with Crippen molar-refractivity contribution < 1.29 is 28.5 Å². The topological polar surface area (TPSA) is 124 Å². The number of aryl methyl sites for hydroxylation is 1. The normalized spacial score (nSPS) is 34.2. The van der Waals surface area contributed by atoms with Crippen molar-refractivity contribution in [2.45, 2.75) is 55.2 Å². The van der Waals surface area contributed by atoms with Crippen molar-refractivity contribution >= 4 is 16.0 Å². The van der Waals surface area contributed by atoms with Crippen molar-refractivity contribution in [1.29, 1.82) is 0 Å². The van der Waals surface area contributed by atoms with Gasteiger partial charge in [-0.1, -0.05) is 23.8 Å². The molecule has 4 atom stereocenters. The zero-order valence-electron chi connectivity index (χ0n) is 14.6. The molecule has 1 aromatic carbocycles. The summed E-state index contributed by atoms with van der Waals surface area (Å²) in [6.45, 7) is 3.44. The maximum Gasteiger partial charge on any atom is 0.334 e. The first-order chi connectivity index (χ1) is 12.0. The molecule has 0 aromatic heterocycles. The molecule has 7 nitrogen and oxygen atoms in total. The van der Waals surface area contributed by atoms with Gasteiger partial charge in [-0.05, 0) is 51.2 Å². The highest BCUT2D eigenvalue weighted by Gasteiger charge is 2.58. The number of hydrogen-bond donors (Lipinski definition) is 4. The van der Waals surface area contributed by atoms with E-state index >= 15 is 0 Å². The first-order valence-corrected chi connectivity index (χ1v) is 9.94. The number of fused-ring (bicyclic) bond motifs is 1. The van der Waals surface area contributed by atoms with Crippen molar-refractivity contribution in [1.82, 2.24) is 4.72 Å². The van der Waals surface area contributed by atoms with E-state index in [9.17, 15) is 28.5 Å². The number of aliphatic carboxylic acids is 1. The van der Waals surface area contributed by atoms with Gasteiger partial charge in [0.15, 0.2) is 0 Å². The zero-order valence-corrected chi connectivity index (χ0v) is 15.5. The molecule has 0 radical (unpaired) electrons. The molecule has 142 valence electrons. The third-order valence-electron chi connectivity index (χ3n) is 5.41. The highest BCUT2D eigenvalue weighted by atomic mass is 32.2. The number of aliphatic hydroxyl groups is 2. The third-order valence-corrected chi connectivity index (χ3v) is 7.04. The molecule has 1 aromatic rings. The summed E-state index contributed by atoms with van der Waals surface area (Å²) in [5, 5.41) is 30.5. The maximum absolute atomic E-state index is 12.7. The number of benzene rings is 1. The van der Waals surface area contributed by atoms with Crippen LogP contribution in [0.1, 0.15) is 31.7 Å². The first kappa shape index (κ1) is 19.0. The van der Waals surface area contributed by atoms with Crippen LogP contribution in [0.5, 0.6) is 0 Å². The molecule has 0 saturated heterocycles. The summed E-state index contributed by atoms with van der Waals surface area (Å²) in [4.78, 5) is 11.8. The van der Waals surface area contributed by atoms with E-state index in [-0.39, 0.29) is 23.3 Å². The van der Waals surface area contributed by atoms with Gasteiger partial charge in [0, 0.05) is 5.54 Å². The minimum absolute atomic E-state index is 0.0851. The number of hydrogen-bond acceptors (Lipinski definition) is 5. The predicted molar refractivity (Wildman–Crippen MR) is 93.9 cm³/mol. The van der Waals surface area contributed by atoms with Crippen LogP contribution in [-0.2, 0) is 14.8 Å². The van der Waals surface area contributed by atoms with E-state index in [0.717, 1.165) is 5.56 Å².